The van der Waals surface area contributed by atoms with Crippen molar-refractivity contribution in [2.45, 2.75) is 13.8 Å². The molecule has 0 atom stereocenters. The molecule has 0 spiro atoms. The van der Waals surface area contributed by atoms with Crippen LogP contribution in [-0.4, -0.2) is 6.61 Å². The maximum atomic E-state index is 14.9. The van der Waals surface area contributed by atoms with E-state index in [-0.39, 0.29) is 40.2 Å². The van der Waals surface area contributed by atoms with Crippen LogP contribution in [0.25, 0.3) is 21.9 Å². The minimum atomic E-state index is -1.09. The molecule has 0 fully saturated rings. The number of hydrogen-bond donors (Lipinski definition) is 0. The molecule has 4 aromatic rings. The molecular weight excluding hydrogens is 384 g/mol. The lowest BCUT2D eigenvalue weighted by atomic mass is 10.1. The number of fused-ring (bicyclic) bond motifs is 3. The highest BCUT2D eigenvalue weighted by Gasteiger charge is 2.19. The number of aryl methyl sites for hydroxylation is 1. The summed E-state index contributed by atoms with van der Waals surface area (Å²) in [5.74, 6) is 1.32. The van der Waals surface area contributed by atoms with Gasteiger partial charge in [-0.05, 0) is 49.7 Å². The Morgan fingerprint density at radius 1 is 0.759 bits per heavy atom. The summed E-state index contributed by atoms with van der Waals surface area (Å²) in [6.07, 6.45) is 0. The second-order valence-corrected chi connectivity index (χ2v) is 6.40. The molecule has 0 aliphatic carbocycles. The first-order valence-electron chi connectivity index (χ1n) is 8.85. The molecule has 0 amide bonds. The Balaban J connectivity index is 1.84. The number of rotatable bonds is 2. The first kappa shape index (κ1) is 18.9. The summed E-state index contributed by atoms with van der Waals surface area (Å²) >= 11 is 0. The SMILES string of the molecule is CCOc1ccc2c(oc3c(F)c(C#Cc4ccc(C)c(F)c4F)ccc32)c1F. The smallest absolute Gasteiger partial charge is 0.208 e. The van der Waals surface area contributed by atoms with Crippen LogP contribution in [0.5, 0.6) is 5.75 Å². The van der Waals surface area contributed by atoms with Gasteiger partial charge in [-0.15, -0.1) is 0 Å². The Bertz CT molecular complexity index is 1330. The van der Waals surface area contributed by atoms with E-state index in [2.05, 4.69) is 11.8 Å². The molecule has 1 aromatic heterocycles. The highest BCUT2D eigenvalue weighted by atomic mass is 19.2. The fourth-order valence-corrected chi connectivity index (χ4v) is 3.06. The number of halogens is 4. The van der Waals surface area contributed by atoms with Crippen molar-refractivity contribution in [1.82, 2.24) is 0 Å². The third-order valence-electron chi connectivity index (χ3n) is 4.56. The Morgan fingerprint density at radius 3 is 2.03 bits per heavy atom. The average molecular weight is 398 g/mol. The fourth-order valence-electron chi connectivity index (χ4n) is 3.06. The van der Waals surface area contributed by atoms with Crippen LogP contribution >= 0.6 is 0 Å². The molecule has 0 unspecified atom stereocenters. The van der Waals surface area contributed by atoms with Gasteiger partial charge in [0.05, 0.1) is 17.7 Å². The van der Waals surface area contributed by atoms with Crippen LogP contribution in [0.2, 0.25) is 0 Å². The zero-order valence-electron chi connectivity index (χ0n) is 15.5. The summed E-state index contributed by atoms with van der Waals surface area (Å²) in [6.45, 7) is 3.42. The van der Waals surface area contributed by atoms with Crippen LogP contribution in [0, 0.1) is 42.0 Å². The lowest BCUT2D eigenvalue weighted by molar-refractivity contribution is 0.321. The number of hydrogen-bond acceptors (Lipinski definition) is 2. The van der Waals surface area contributed by atoms with E-state index >= 15 is 0 Å². The Hall–Kier alpha value is -3.46. The summed E-state index contributed by atoms with van der Waals surface area (Å²) in [6, 6.07) is 8.68. The minimum Gasteiger partial charge on any atom is -0.491 e. The molecule has 3 aromatic carbocycles. The summed E-state index contributed by atoms with van der Waals surface area (Å²) in [4.78, 5) is 0. The van der Waals surface area contributed by atoms with Crippen LogP contribution in [0.1, 0.15) is 23.6 Å². The molecule has 0 radical (unpaired) electrons. The van der Waals surface area contributed by atoms with Gasteiger partial charge in [-0.1, -0.05) is 17.9 Å². The highest BCUT2D eigenvalue weighted by molar-refractivity contribution is 6.06. The van der Waals surface area contributed by atoms with Crippen LogP contribution in [0.4, 0.5) is 17.6 Å². The summed E-state index contributed by atoms with van der Waals surface area (Å²) in [7, 11) is 0. The predicted molar refractivity (Wildman–Crippen MR) is 102 cm³/mol. The number of furan rings is 1. The van der Waals surface area contributed by atoms with E-state index in [1.165, 1.54) is 31.2 Å². The van der Waals surface area contributed by atoms with E-state index in [0.29, 0.717) is 10.8 Å². The fraction of sp³-hybridized carbons (Fsp3) is 0.130. The van der Waals surface area contributed by atoms with Gasteiger partial charge in [-0.2, -0.15) is 4.39 Å². The van der Waals surface area contributed by atoms with Crippen molar-refractivity contribution in [3.8, 4) is 17.6 Å². The van der Waals surface area contributed by atoms with E-state index in [4.69, 9.17) is 9.15 Å². The zero-order valence-corrected chi connectivity index (χ0v) is 15.5. The molecule has 0 aliphatic rings. The highest BCUT2D eigenvalue weighted by Crippen LogP contribution is 2.36. The topological polar surface area (TPSA) is 22.4 Å². The van der Waals surface area contributed by atoms with Crippen molar-refractivity contribution in [3.05, 3.63) is 76.4 Å². The van der Waals surface area contributed by atoms with Gasteiger partial charge in [0.1, 0.15) is 0 Å². The zero-order chi connectivity index (χ0) is 20.7. The largest absolute Gasteiger partial charge is 0.491 e. The molecule has 1 heterocycles. The van der Waals surface area contributed by atoms with Gasteiger partial charge >= 0.3 is 0 Å². The van der Waals surface area contributed by atoms with Gasteiger partial charge in [0.15, 0.2) is 34.4 Å². The van der Waals surface area contributed by atoms with E-state index < -0.39 is 23.3 Å². The molecule has 146 valence electrons. The monoisotopic (exact) mass is 398 g/mol. The minimum absolute atomic E-state index is 0.0105. The van der Waals surface area contributed by atoms with Crippen LogP contribution in [0.3, 0.4) is 0 Å². The molecule has 2 nitrogen and oxygen atoms in total. The first-order chi connectivity index (χ1) is 13.9. The van der Waals surface area contributed by atoms with Gasteiger partial charge in [0.2, 0.25) is 5.82 Å². The second-order valence-electron chi connectivity index (χ2n) is 6.40. The van der Waals surface area contributed by atoms with Gasteiger partial charge in [-0.3, -0.25) is 0 Å². The molecular formula is C23H14F4O2. The predicted octanol–water partition coefficient (Wildman–Crippen LogP) is 6.25. The van der Waals surface area contributed by atoms with Crippen molar-refractivity contribution < 1.29 is 26.7 Å². The normalized spacial score (nSPS) is 11.0. The van der Waals surface area contributed by atoms with Crippen molar-refractivity contribution in [2.24, 2.45) is 0 Å². The van der Waals surface area contributed by atoms with E-state index in [1.807, 2.05) is 0 Å². The quantitative estimate of drug-likeness (QED) is 0.294. The molecule has 0 saturated heterocycles. The second kappa shape index (κ2) is 7.17. The summed E-state index contributed by atoms with van der Waals surface area (Å²) in [5, 5.41) is 0.767. The summed E-state index contributed by atoms with van der Waals surface area (Å²) < 4.78 is 67.7. The van der Waals surface area contributed by atoms with Crippen molar-refractivity contribution in [2.75, 3.05) is 6.61 Å². The third-order valence-corrected chi connectivity index (χ3v) is 4.56. The van der Waals surface area contributed by atoms with Gasteiger partial charge in [0.25, 0.3) is 0 Å². The molecule has 0 N–H and O–H groups in total. The number of benzene rings is 3. The van der Waals surface area contributed by atoms with Gasteiger partial charge in [0, 0.05) is 10.8 Å². The van der Waals surface area contributed by atoms with Crippen LogP contribution < -0.4 is 4.74 Å². The van der Waals surface area contributed by atoms with Crippen LogP contribution in [0.15, 0.2) is 40.8 Å². The molecule has 29 heavy (non-hydrogen) atoms. The number of ether oxygens (including phenoxy) is 1. The van der Waals surface area contributed by atoms with Gasteiger partial charge < -0.3 is 9.15 Å². The van der Waals surface area contributed by atoms with Crippen molar-refractivity contribution >= 4 is 21.9 Å². The van der Waals surface area contributed by atoms with Crippen LogP contribution in [-0.2, 0) is 0 Å². The Morgan fingerprint density at radius 2 is 1.34 bits per heavy atom. The van der Waals surface area contributed by atoms with E-state index in [1.54, 1.807) is 19.1 Å². The standard InChI is InChI=1S/C23H14F4O2/c1-3-28-17-11-10-16-15-9-8-14(20(26)22(15)29-23(16)21(17)27)7-6-13-5-4-12(2)18(24)19(13)25/h4-5,8-11H,3H2,1-2H3. The maximum absolute atomic E-state index is 14.9. The average Bonchev–Trinajstić information content (AvgIpc) is 3.10. The molecule has 4 rings (SSSR count). The lowest BCUT2D eigenvalue weighted by Gasteiger charge is -2.03. The molecule has 0 bridgehead atoms. The molecule has 0 saturated carbocycles. The van der Waals surface area contributed by atoms with Crippen molar-refractivity contribution in [1.29, 1.82) is 0 Å². The van der Waals surface area contributed by atoms with E-state index in [0.717, 1.165) is 0 Å². The first-order valence-corrected chi connectivity index (χ1v) is 8.85. The maximum Gasteiger partial charge on any atom is 0.208 e. The summed E-state index contributed by atoms with van der Waals surface area (Å²) in [5.41, 5.74) is -0.417. The van der Waals surface area contributed by atoms with Gasteiger partial charge in [-0.25, -0.2) is 13.2 Å². The molecule has 0 aliphatic heterocycles. The Labute approximate surface area is 163 Å². The lowest BCUT2D eigenvalue weighted by Crippen LogP contribution is -1.94. The third kappa shape index (κ3) is 3.09. The Kier molecular flexibility index (Phi) is 4.67. The van der Waals surface area contributed by atoms with E-state index in [9.17, 15) is 17.6 Å². The van der Waals surface area contributed by atoms with Crippen molar-refractivity contribution in [3.63, 3.8) is 0 Å². The molecule has 6 heteroatoms.